The molecule has 0 spiro atoms. The van der Waals surface area contributed by atoms with E-state index in [1.54, 1.807) is 0 Å². The highest BCUT2D eigenvalue weighted by atomic mass is 16.4. The summed E-state index contributed by atoms with van der Waals surface area (Å²) >= 11 is 0. The molecule has 1 fully saturated rings. The molecular weight excluding hydrogens is 242 g/mol. The van der Waals surface area contributed by atoms with Gasteiger partial charge in [-0.05, 0) is 38.7 Å². The summed E-state index contributed by atoms with van der Waals surface area (Å²) in [4.78, 5) is 19.9. The molecule has 0 amide bonds. The molecule has 1 aliphatic rings. The molecule has 1 aromatic rings. The first-order valence-electron chi connectivity index (χ1n) is 6.85. The van der Waals surface area contributed by atoms with Gasteiger partial charge < -0.3 is 10.4 Å². The lowest BCUT2D eigenvalue weighted by Gasteiger charge is -2.28. The van der Waals surface area contributed by atoms with Crippen LogP contribution in [0.5, 0.6) is 0 Å². The minimum atomic E-state index is -0.673. The Morgan fingerprint density at radius 1 is 1.32 bits per heavy atom. The van der Waals surface area contributed by atoms with Crippen LogP contribution in [-0.4, -0.2) is 27.6 Å². The van der Waals surface area contributed by atoms with Crippen LogP contribution in [0, 0.1) is 25.7 Å². The van der Waals surface area contributed by atoms with Gasteiger partial charge in [0.2, 0.25) is 5.95 Å². The third-order valence-electron chi connectivity index (χ3n) is 3.73. The number of anilines is 1. The number of carboxylic acid groups (broad SMARTS) is 1. The summed E-state index contributed by atoms with van der Waals surface area (Å²) in [7, 11) is 0. The number of aliphatic carboxylic acids is 1. The lowest BCUT2D eigenvalue weighted by molar-refractivity contribution is -0.144. The third-order valence-corrected chi connectivity index (χ3v) is 3.73. The lowest BCUT2D eigenvalue weighted by atomic mass is 9.79. The number of hydrogen-bond acceptors (Lipinski definition) is 4. The van der Waals surface area contributed by atoms with E-state index in [1.165, 1.54) is 0 Å². The van der Waals surface area contributed by atoms with Gasteiger partial charge in [0.15, 0.2) is 0 Å². The highest BCUT2D eigenvalue weighted by molar-refractivity contribution is 5.70. The van der Waals surface area contributed by atoms with Gasteiger partial charge in [0.1, 0.15) is 0 Å². The van der Waals surface area contributed by atoms with E-state index in [4.69, 9.17) is 0 Å². The molecule has 19 heavy (non-hydrogen) atoms. The number of hydrogen-bond donors (Lipinski definition) is 2. The molecular formula is C14H21N3O2. The zero-order valence-corrected chi connectivity index (χ0v) is 11.5. The van der Waals surface area contributed by atoms with Crippen molar-refractivity contribution in [2.75, 3.05) is 11.9 Å². The minimum Gasteiger partial charge on any atom is -0.481 e. The fraction of sp³-hybridized carbons (Fsp3) is 0.643. The number of aryl methyl sites for hydroxylation is 2. The molecule has 1 aliphatic carbocycles. The summed E-state index contributed by atoms with van der Waals surface area (Å²) in [6, 6.07) is 1.92. The molecule has 5 nitrogen and oxygen atoms in total. The summed E-state index contributed by atoms with van der Waals surface area (Å²) in [5, 5.41) is 12.4. The zero-order chi connectivity index (χ0) is 13.8. The van der Waals surface area contributed by atoms with Crippen LogP contribution in [0.15, 0.2) is 6.07 Å². The molecule has 0 aliphatic heterocycles. The van der Waals surface area contributed by atoms with Gasteiger partial charge in [-0.3, -0.25) is 4.79 Å². The van der Waals surface area contributed by atoms with Gasteiger partial charge in [-0.25, -0.2) is 9.97 Å². The average molecular weight is 263 g/mol. The first-order valence-corrected chi connectivity index (χ1v) is 6.85. The second-order valence-corrected chi connectivity index (χ2v) is 5.34. The van der Waals surface area contributed by atoms with Gasteiger partial charge in [0, 0.05) is 17.9 Å². The van der Waals surface area contributed by atoms with Gasteiger partial charge in [-0.15, -0.1) is 0 Å². The van der Waals surface area contributed by atoms with E-state index < -0.39 is 5.97 Å². The van der Waals surface area contributed by atoms with Crippen molar-refractivity contribution in [2.24, 2.45) is 11.8 Å². The van der Waals surface area contributed by atoms with E-state index in [0.29, 0.717) is 12.5 Å². The summed E-state index contributed by atoms with van der Waals surface area (Å²) in [6.07, 6.45) is 3.89. The molecule has 0 bridgehead atoms. The number of aromatic nitrogens is 2. The first-order chi connectivity index (χ1) is 9.06. The molecule has 2 atom stereocenters. The van der Waals surface area contributed by atoms with Crippen LogP contribution in [0.25, 0.3) is 0 Å². The Bertz CT molecular complexity index is 442. The molecule has 0 radical (unpaired) electrons. The standard InChI is InChI=1S/C14H21N3O2/c1-9-7-10(2)17-14(16-9)15-8-11-5-3-4-6-12(11)13(18)19/h7,11-12H,3-6,8H2,1-2H3,(H,18,19)(H,15,16,17)/t11-,12-/m0/s1. The average Bonchev–Trinajstić information content (AvgIpc) is 2.35. The monoisotopic (exact) mass is 263 g/mol. The molecule has 0 unspecified atom stereocenters. The SMILES string of the molecule is Cc1cc(C)nc(NC[C@@H]2CCCC[C@@H]2C(=O)O)n1. The smallest absolute Gasteiger partial charge is 0.306 e. The van der Waals surface area contributed by atoms with E-state index in [2.05, 4.69) is 15.3 Å². The first kappa shape index (κ1) is 13.8. The predicted octanol–water partition coefficient (Wildman–Crippen LogP) is 2.40. The Hall–Kier alpha value is -1.65. The fourth-order valence-electron chi connectivity index (χ4n) is 2.80. The number of carbonyl (C=O) groups is 1. The van der Waals surface area contributed by atoms with Gasteiger partial charge >= 0.3 is 5.97 Å². The molecule has 1 heterocycles. The number of nitrogens with zero attached hydrogens (tertiary/aromatic N) is 2. The Balaban J connectivity index is 1.98. The molecule has 0 aromatic carbocycles. The van der Waals surface area contributed by atoms with Crippen molar-refractivity contribution in [1.82, 2.24) is 9.97 Å². The maximum Gasteiger partial charge on any atom is 0.306 e. The van der Waals surface area contributed by atoms with Crippen molar-refractivity contribution < 1.29 is 9.90 Å². The summed E-state index contributed by atoms with van der Waals surface area (Å²) in [6.45, 7) is 4.50. The van der Waals surface area contributed by atoms with Gasteiger partial charge in [0.25, 0.3) is 0 Å². The Kier molecular flexibility index (Phi) is 4.35. The summed E-state index contributed by atoms with van der Waals surface area (Å²) in [5.74, 6) is -0.122. The van der Waals surface area contributed by atoms with Gasteiger partial charge in [0.05, 0.1) is 5.92 Å². The Morgan fingerprint density at radius 2 is 1.95 bits per heavy atom. The van der Waals surface area contributed by atoms with Crippen LogP contribution >= 0.6 is 0 Å². The maximum absolute atomic E-state index is 11.2. The largest absolute Gasteiger partial charge is 0.481 e. The van der Waals surface area contributed by atoms with Crippen LogP contribution in [0.2, 0.25) is 0 Å². The van der Waals surface area contributed by atoms with Crippen molar-refractivity contribution in [3.8, 4) is 0 Å². The highest BCUT2D eigenvalue weighted by Crippen LogP contribution is 2.30. The normalized spacial score (nSPS) is 23.1. The van der Waals surface area contributed by atoms with E-state index in [0.717, 1.165) is 37.1 Å². The van der Waals surface area contributed by atoms with E-state index in [9.17, 15) is 9.90 Å². The molecule has 1 saturated carbocycles. The fourth-order valence-corrected chi connectivity index (χ4v) is 2.80. The van der Waals surface area contributed by atoms with Crippen molar-refractivity contribution >= 4 is 11.9 Å². The van der Waals surface area contributed by atoms with Crippen molar-refractivity contribution in [1.29, 1.82) is 0 Å². The second-order valence-electron chi connectivity index (χ2n) is 5.34. The number of carboxylic acids is 1. The summed E-state index contributed by atoms with van der Waals surface area (Å²) < 4.78 is 0. The van der Waals surface area contributed by atoms with Crippen LogP contribution < -0.4 is 5.32 Å². The van der Waals surface area contributed by atoms with Crippen LogP contribution in [-0.2, 0) is 4.79 Å². The maximum atomic E-state index is 11.2. The van der Waals surface area contributed by atoms with Gasteiger partial charge in [-0.1, -0.05) is 12.8 Å². The molecule has 0 saturated heterocycles. The Morgan fingerprint density at radius 3 is 2.58 bits per heavy atom. The highest BCUT2D eigenvalue weighted by Gasteiger charge is 2.30. The van der Waals surface area contributed by atoms with Crippen molar-refractivity contribution in [3.05, 3.63) is 17.5 Å². The third kappa shape index (κ3) is 3.66. The van der Waals surface area contributed by atoms with Crippen LogP contribution in [0.4, 0.5) is 5.95 Å². The molecule has 1 aromatic heterocycles. The predicted molar refractivity (Wildman–Crippen MR) is 73.1 cm³/mol. The van der Waals surface area contributed by atoms with Crippen LogP contribution in [0.1, 0.15) is 37.1 Å². The minimum absolute atomic E-state index is 0.177. The molecule has 2 rings (SSSR count). The van der Waals surface area contributed by atoms with Crippen molar-refractivity contribution in [3.63, 3.8) is 0 Å². The van der Waals surface area contributed by atoms with E-state index in [1.807, 2.05) is 19.9 Å². The van der Waals surface area contributed by atoms with E-state index in [-0.39, 0.29) is 11.8 Å². The summed E-state index contributed by atoms with van der Waals surface area (Å²) in [5.41, 5.74) is 1.85. The van der Waals surface area contributed by atoms with Crippen LogP contribution in [0.3, 0.4) is 0 Å². The topological polar surface area (TPSA) is 75.1 Å². The van der Waals surface area contributed by atoms with E-state index >= 15 is 0 Å². The number of nitrogens with one attached hydrogen (secondary N) is 1. The molecule has 5 heteroatoms. The lowest BCUT2D eigenvalue weighted by Crippen LogP contribution is -2.32. The number of rotatable bonds is 4. The Labute approximate surface area is 113 Å². The molecule has 2 N–H and O–H groups in total. The zero-order valence-electron chi connectivity index (χ0n) is 11.5. The van der Waals surface area contributed by atoms with Crippen molar-refractivity contribution in [2.45, 2.75) is 39.5 Å². The molecule has 104 valence electrons. The van der Waals surface area contributed by atoms with Gasteiger partial charge in [-0.2, -0.15) is 0 Å². The quantitative estimate of drug-likeness (QED) is 0.872. The second kappa shape index (κ2) is 5.99.